The monoisotopic (exact) mass is 303 g/mol. The molecule has 0 saturated heterocycles. The minimum atomic E-state index is -0.608. The van der Waals surface area contributed by atoms with E-state index in [1.807, 2.05) is 6.92 Å². The summed E-state index contributed by atoms with van der Waals surface area (Å²) in [5.41, 5.74) is 0. The van der Waals surface area contributed by atoms with Gasteiger partial charge >= 0.3 is 0 Å². The maximum atomic E-state index is 12.8. The molecule has 0 spiro atoms. The molecule has 0 heterocycles. The van der Waals surface area contributed by atoms with Crippen LogP contribution in [0.5, 0.6) is 5.75 Å². The fourth-order valence-electron chi connectivity index (χ4n) is 1.21. The lowest BCUT2D eigenvalue weighted by molar-refractivity contribution is -0.127. The van der Waals surface area contributed by atoms with Gasteiger partial charge in [-0.25, -0.2) is 4.39 Å². The molecule has 0 aliphatic heterocycles. The Bertz CT molecular complexity index is 398. The average Bonchev–Trinajstić information content (AvgIpc) is 2.29. The maximum Gasteiger partial charge on any atom is 0.260 e. The van der Waals surface area contributed by atoms with Gasteiger partial charge in [0.15, 0.2) is 6.10 Å². The van der Waals surface area contributed by atoms with E-state index in [4.69, 9.17) is 4.74 Å². The molecule has 1 amide bonds. The number of benzene rings is 1. The molecular weight excluding hydrogens is 289 g/mol. The Kier molecular flexibility index (Phi) is 5.41. The van der Waals surface area contributed by atoms with Gasteiger partial charge in [0.25, 0.3) is 5.91 Å². The second-order valence-corrected chi connectivity index (χ2v) is 4.48. The van der Waals surface area contributed by atoms with Gasteiger partial charge in [0.2, 0.25) is 0 Å². The Morgan fingerprint density at radius 3 is 2.88 bits per heavy atom. The normalized spacial score (nSPS) is 12.0. The van der Waals surface area contributed by atoms with Crippen molar-refractivity contribution in [2.24, 2.45) is 0 Å². The minimum Gasteiger partial charge on any atom is -0.480 e. The van der Waals surface area contributed by atoms with Gasteiger partial charge in [0.05, 0.1) is 4.47 Å². The first kappa shape index (κ1) is 14.0. The quantitative estimate of drug-likeness (QED) is 0.908. The van der Waals surface area contributed by atoms with Crippen LogP contribution in [0.3, 0.4) is 0 Å². The van der Waals surface area contributed by atoms with Crippen LogP contribution >= 0.6 is 15.9 Å². The van der Waals surface area contributed by atoms with Gasteiger partial charge in [-0.1, -0.05) is 6.92 Å². The zero-order chi connectivity index (χ0) is 12.8. The molecule has 1 unspecified atom stereocenters. The second kappa shape index (κ2) is 6.59. The van der Waals surface area contributed by atoms with Crippen molar-refractivity contribution in [2.75, 3.05) is 6.54 Å². The van der Waals surface area contributed by atoms with Gasteiger partial charge in [0.1, 0.15) is 11.6 Å². The topological polar surface area (TPSA) is 38.3 Å². The van der Waals surface area contributed by atoms with Crippen LogP contribution in [0.15, 0.2) is 22.7 Å². The predicted molar refractivity (Wildman–Crippen MR) is 67.5 cm³/mol. The SMILES string of the molecule is CCCNC(=O)C(C)Oc1ccc(F)cc1Br. The zero-order valence-corrected chi connectivity index (χ0v) is 11.4. The van der Waals surface area contributed by atoms with E-state index < -0.39 is 6.10 Å². The summed E-state index contributed by atoms with van der Waals surface area (Å²) in [7, 11) is 0. The maximum absolute atomic E-state index is 12.8. The Morgan fingerprint density at radius 1 is 1.59 bits per heavy atom. The summed E-state index contributed by atoms with van der Waals surface area (Å²) in [6, 6.07) is 4.08. The third kappa shape index (κ3) is 4.34. The number of ether oxygens (including phenoxy) is 1. The fraction of sp³-hybridized carbons (Fsp3) is 0.417. The highest BCUT2D eigenvalue weighted by atomic mass is 79.9. The number of nitrogens with one attached hydrogen (secondary N) is 1. The molecule has 5 heteroatoms. The number of hydrogen-bond acceptors (Lipinski definition) is 2. The largest absolute Gasteiger partial charge is 0.480 e. The van der Waals surface area contributed by atoms with E-state index in [0.717, 1.165) is 6.42 Å². The number of carbonyl (C=O) groups is 1. The van der Waals surface area contributed by atoms with Crippen LogP contribution in [0.1, 0.15) is 20.3 Å². The Labute approximate surface area is 108 Å². The van der Waals surface area contributed by atoms with Crippen molar-refractivity contribution in [1.29, 1.82) is 0 Å². The summed E-state index contributed by atoms with van der Waals surface area (Å²) in [6.07, 6.45) is 0.266. The van der Waals surface area contributed by atoms with Crippen molar-refractivity contribution in [3.05, 3.63) is 28.5 Å². The molecule has 0 aliphatic carbocycles. The first-order valence-electron chi connectivity index (χ1n) is 5.44. The molecule has 1 rings (SSSR count). The van der Waals surface area contributed by atoms with Crippen LogP contribution in [0, 0.1) is 5.82 Å². The van der Waals surface area contributed by atoms with Crippen molar-refractivity contribution in [1.82, 2.24) is 5.32 Å². The first-order chi connectivity index (χ1) is 8.04. The molecule has 1 aromatic rings. The van der Waals surface area contributed by atoms with E-state index in [-0.39, 0.29) is 11.7 Å². The zero-order valence-electron chi connectivity index (χ0n) is 9.80. The predicted octanol–water partition coefficient (Wildman–Crippen LogP) is 2.88. The molecule has 1 atom stereocenters. The van der Waals surface area contributed by atoms with Crippen molar-refractivity contribution in [3.8, 4) is 5.75 Å². The van der Waals surface area contributed by atoms with E-state index in [1.54, 1.807) is 6.92 Å². The van der Waals surface area contributed by atoms with Crippen LogP contribution in [0.25, 0.3) is 0 Å². The lowest BCUT2D eigenvalue weighted by atomic mass is 10.3. The smallest absolute Gasteiger partial charge is 0.260 e. The van der Waals surface area contributed by atoms with Gasteiger partial charge < -0.3 is 10.1 Å². The summed E-state index contributed by atoms with van der Waals surface area (Å²) in [4.78, 5) is 11.6. The molecule has 1 N–H and O–H groups in total. The lowest BCUT2D eigenvalue weighted by Crippen LogP contribution is -2.36. The third-order valence-electron chi connectivity index (χ3n) is 2.12. The van der Waals surface area contributed by atoms with E-state index >= 15 is 0 Å². The van der Waals surface area contributed by atoms with Crippen LogP contribution in [0.2, 0.25) is 0 Å². The second-order valence-electron chi connectivity index (χ2n) is 3.63. The lowest BCUT2D eigenvalue weighted by Gasteiger charge is -2.15. The highest BCUT2D eigenvalue weighted by Gasteiger charge is 2.15. The van der Waals surface area contributed by atoms with E-state index in [2.05, 4.69) is 21.2 Å². The summed E-state index contributed by atoms with van der Waals surface area (Å²) in [5, 5.41) is 2.73. The number of halogens is 2. The van der Waals surface area contributed by atoms with Gasteiger partial charge in [0, 0.05) is 6.54 Å². The minimum absolute atomic E-state index is 0.178. The number of carbonyl (C=O) groups excluding carboxylic acids is 1. The molecule has 3 nitrogen and oxygen atoms in total. The highest BCUT2D eigenvalue weighted by molar-refractivity contribution is 9.10. The van der Waals surface area contributed by atoms with Gasteiger partial charge in [-0.05, 0) is 47.5 Å². The van der Waals surface area contributed by atoms with Gasteiger partial charge in [-0.15, -0.1) is 0 Å². The molecule has 0 radical (unpaired) electrons. The van der Waals surface area contributed by atoms with Crippen LogP contribution in [0.4, 0.5) is 4.39 Å². The average molecular weight is 304 g/mol. The number of rotatable bonds is 5. The number of amides is 1. The molecule has 0 bridgehead atoms. The van der Waals surface area contributed by atoms with Crippen molar-refractivity contribution >= 4 is 21.8 Å². The van der Waals surface area contributed by atoms with E-state index in [9.17, 15) is 9.18 Å². The van der Waals surface area contributed by atoms with Crippen LogP contribution < -0.4 is 10.1 Å². The Balaban J connectivity index is 2.61. The molecule has 0 aromatic heterocycles. The molecule has 0 aliphatic rings. The Morgan fingerprint density at radius 2 is 2.29 bits per heavy atom. The van der Waals surface area contributed by atoms with Crippen molar-refractivity contribution < 1.29 is 13.9 Å². The number of hydrogen-bond donors (Lipinski definition) is 1. The van der Waals surface area contributed by atoms with Crippen molar-refractivity contribution in [2.45, 2.75) is 26.4 Å². The standard InChI is InChI=1S/C12H15BrFNO2/c1-3-6-15-12(16)8(2)17-11-5-4-9(14)7-10(11)13/h4-5,7-8H,3,6H2,1-2H3,(H,15,16). The molecule has 1 aromatic carbocycles. The molecule has 0 fully saturated rings. The summed E-state index contributed by atoms with van der Waals surface area (Å²) >= 11 is 3.18. The fourth-order valence-corrected chi connectivity index (χ4v) is 1.65. The summed E-state index contributed by atoms with van der Waals surface area (Å²) in [5.74, 6) is -0.0825. The highest BCUT2D eigenvalue weighted by Crippen LogP contribution is 2.26. The first-order valence-corrected chi connectivity index (χ1v) is 6.23. The van der Waals surface area contributed by atoms with Crippen LogP contribution in [-0.2, 0) is 4.79 Å². The van der Waals surface area contributed by atoms with E-state index in [1.165, 1.54) is 18.2 Å². The van der Waals surface area contributed by atoms with Gasteiger partial charge in [-0.3, -0.25) is 4.79 Å². The Hall–Kier alpha value is -1.10. The molecular formula is C12H15BrFNO2. The third-order valence-corrected chi connectivity index (χ3v) is 2.74. The summed E-state index contributed by atoms with van der Waals surface area (Å²) in [6.45, 7) is 4.25. The van der Waals surface area contributed by atoms with Crippen molar-refractivity contribution in [3.63, 3.8) is 0 Å². The van der Waals surface area contributed by atoms with Gasteiger partial charge in [-0.2, -0.15) is 0 Å². The summed E-state index contributed by atoms with van der Waals surface area (Å²) < 4.78 is 18.8. The molecule has 0 saturated carbocycles. The molecule has 94 valence electrons. The van der Waals surface area contributed by atoms with Crippen LogP contribution in [-0.4, -0.2) is 18.6 Å². The van der Waals surface area contributed by atoms with E-state index in [0.29, 0.717) is 16.8 Å². The molecule has 17 heavy (non-hydrogen) atoms.